The molecule has 1 atom stereocenters. The van der Waals surface area contributed by atoms with E-state index in [-0.39, 0.29) is 0 Å². The summed E-state index contributed by atoms with van der Waals surface area (Å²) in [5.74, 6) is 0.655. The van der Waals surface area contributed by atoms with Crippen LogP contribution in [0.3, 0.4) is 0 Å². The highest BCUT2D eigenvalue weighted by molar-refractivity contribution is 9.09. The van der Waals surface area contributed by atoms with Crippen LogP contribution in [0.25, 0.3) is 0 Å². The molecule has 0 N–H and O–H groups in total. The topological polar surface area (TPSA) is 22.1 Å². The van der Waals surface area contributed by atoms with E-state index in [4.69, 9.17) is 4.74 Å². The second-order valence-electron chi connectivity index (χ2n) is 2.25. The van der Waals surface area contributed by atoms with E-state index in [0.717, 1.165) is 5.56 Å². The van der Waals surface area contributed by atoms with E-state index in [0.29, 0.717) is 10.7 Å². The van der Waals surface area contributed by atoms with Gasteiger partial charge < -0.3 is 4.74 Å². The zero-order valence-electron chi connectivity index (χ0n) is 6.54. The molecule has 2 nitrogen and oxygen atoms in total. The molecule has 1 aromatic heterocycles. The molecule has 1 heterocycles. The molecule has 0 radical (unpaired) electrons. The molecule has 1 aromatic rings. The van der Waals surface area contributed by atoms with Gasteiger partial charge in [-0.3, -0.25) is 0 Å². The third-order valence-electron chi connectivity index (χ3n) is 1.43. The van der Waals surface area contributed by atoms with Crippen molar-refractivity contribution >= 4 is 15.9 Å². The van der Waals surface area contributed by atoms with Gasteiger partial charge in [0.15, 0.2) is 0 Å². The van der Waals surface area contributed by atoms with E-state index < -0.39 is 0 Å². The molecule has 0 amide bonds. The van der Waals surface area contributed by atoms with Gasteiger partial charge in [0.25, 0.3) is 0 Å². The molecule has 60 valence electrons. The summed E-state index contributed by atoms with van der Waals surface area (Å²) in [7, 11) is 1.61. The third kappa shape index (κ3) is 2.19. The van der Waals surface area contributed by atoms with Crippen molar-refractivity contribution in [1.82, 2.24) is 4.98 Å². The van der Waals surface area contributed by atoms with Crippen molar-refractivity contribution in [2.75, 3.05) is 7.11 Å². The number of rotatable bonds is 2. The molecule has 0 bridgehead atoms. The normalized spacial score (nSPS) is 12.6. The van der Waals surface area contributed by atoms with Crippen LogP contribution < -0.4 is 4.74 Å². The Balaban J connectivity index is 2.83. The van der Waals surface area contributed by atoms with Crippen LogP contribution in [-0.4, -0.2) is 12.1 Å². The molecule has 11 heavy (non-hydrogen) atoms. The van der Waals surface area contributed by atoms with Crippen molar-refractivity contribution < 1.29 is 4.74 Å². The summed E-state index contributed by atoms with van der Waals surface area (Å²) in [4.78, 5) is 4.41. The van der Waals surface area contributed by atoms with Gasteiger partial charge in [-0.2, -0.15) is 0 Å². The summed E-state index contributed by atoms with van der Waals surface area (Å²) in [5.41, 5.74) is 1.16. The summed E-state index contributed by atoms with van der Waals surface area (Å²) >= 11 is 3.45. The number of ether oxygens (including phenoxy) is 1. The fourth-order valence-electron chi connectivity index (χ4n) is 0.748. The Hall–Kier alpha value is -0.570. The SMILES string of the molecule is COc1ccc([C@@H](C)Br)cn1. The van der Waals surface area contributed by atoms with E-state index in [1.165, 1.54) is 0 Å². The lowest BCUT2D eigenvalue weighted by atomic mass is 10.2. The van der Waals surface area contributed by atoms with Gasteiger partial charge >= 0.3 is 0 Å². The Labute approximate surface area is 74.7 Å². The molecule has 0 aliphatic carbocycles. The number of hydrogen-bond donors (Lipinski definition) is 0. The molecule has 0 saturated carbocycles. The summed E-state index contributed by atoms with van der Waals surface area (Å²) in [6, 6.07) is 3.85. The first kappa shape index (κ1) is 8.53. The summed E-state index contributed by atoms with van der Waals surface area (Å²) in [6.45, 7) is 2.06. The van der Waals surface area contributed by atoms with E-state index in [1.807, 2.05) is 12.1 Å². The molecule has 0 unspecified atom stereocenters. The van der Waals surface area contributed by atoms with E-state index in [2.05, 4.69) is 27.8 Å². The Bertz CT molecular complexity index is 220. The number of alkyl halides is 1. The van der Waals surface area contributed by atoms with Crippen LogP contribution in [0.1, 0.15) is 17.3 Å². The second kappa shape index (κ2) is 3.72. The number of nitrogens with zero attached hydrogens (tertiary/aromatic N) is 1. The summed E-state index contributed by atoms with van der Waals surface area (Å²) < 4.78 is 4.92. The lowest BCUT2D eigenvalue weighted by Gasteiger charge is -2.03. The maximum Gasteiger partial charge on any atom is 0.212 e. The van der Waals surface area contributed by atoms with Crippen molar-refractivity contribution in [3.63, 3.8) is 0 Å². The van der Waals surface area contributed by atoms with Crippen molar-refractivity contribution in [3.05, 3.63) is 23.9 Å². The molecule has 3 heteroatoms. The number of hydrogen-bond acceptors (Lipinski definition) is 2. The molecule has 0 spiro atoms. The molecule has 0 aromatic carbocycles. The Morgan fingerprint density at radius 1 is 1.55 bits per heavy atom. The van der Waals surface area contributed by atoms with Crippen molar-refractivity contribution in [1.29, 1.82) is 0 Å². The van der Waals surface area contributed by atoms with Gasteiger partial charge in [-0.25, -0.2) is 4.98 Å². The fourth-order valence-corrected chi connectivity index (χ4v) is 1.02. The van der Waals surface area contributed by atoms with Gasteiger partial charge in [-0.15, -0.1) is 0 Å². The lowest BCUT2D eigenvalue weighted by molar-refractivity contribution is 0.397. The van der Waals surface area contributed by atoms with Gasteiger partial charge in [0.1, 0.15) is 0 Å². The second-order valence-corrected chi connectivity index (χ2v) is 3.62. The maximum atomic E-state index is 4.92. The first-order chi connectivity index (χ1) is 5.24. The number of aromatic nitrogens is 1. The lowest BCUT2D eigenvalue weighted by Crippen LogP contribution is -1.89. The summed E-state index contributed by atoms with van der Waals surface area (Å²) in [5, 5.41) is 0. The van der Waals surface area contributed by atoms with Crippen LogP contribution in [-0.2, 0) is 0 Å². The molecular formula is C8H10BrNO. The maximum absolute atomic E-state index is 4.92. The average Bonchev–Trinajstić information content (AvgIpc) is 2.05. The number of halogens is 1. The quantitative estimate of drug-likeness (QED) is 0.708. The van der Waals surface area contributed by atoms with Crippen molar-refractivity contribution in [2.45, 2.75) is 11.8 Å². The first-order valence-corrected chi connectivity index (χ1v) is 4.29. The van der Waals surface area contributed by atoms with E-state index in [1.54, 1.807) is 13.3 Å². The van der Waals surface area contributed by atoms with Crippen LogP contribution >= 0.6 is 15.9 Å². The van der Waals surface area contributed by atoms with Gasteiger partial charge in [0.05, 0.1) is 7.11 Å². The predicted octanol–water partition coefficient (Wildman–Crippen LogP) is 2.55. The monoisotopic (exact) mass is 215 g/mol. The Kier molecular flexibility index (Phi) is 2.88. The van der Waals surface area contributed by atoms with Crippen LogP contribution in [0, 0.1) is 0 Å². The Morgan fingerprint density at radius 3 is 2.64 bits per heavy atom. The summed E-state index contributed by atoms with van der Waals surface area (Å²) in [6.07, 6.45) is 1.80. The number of methoxy groups -OCH3 is 1. The molecule has 1 rings (SSSR count). The molecular weight excluding hydrogens is 206 g/mol. The predicted molar refractivity (Wildman–Crippen MR) is 48.1 cm³/mol. The van der Waals surface area contributed by atoms with Crippen LogP contribution in [0.2, 0.25) is 0 Å². The van der Waals surface area contributed by atoms with Crippen molar-refractivity contribution in [3.8, 4) is 5.88 Å². The third-order valence-corrected chi connectivity index (χ3v) is 1.96. The highest BCUT2D eigenvalue weighted by Crippen LogP contribution is 2.21. The molecule has 0 aliphatic heterocycles. The zero-order chi connectivity index (χ0) is 8.27. The van der Waals surface area contributed by atoms with E-state index in [9.17, 15) is 0 Å². The fraction of sp³-hybridized carbons (Fsp3) is 0.375. The largest absolute Gasteiger partial charge is 0.481 e. The van der Waals surface area contributed by atoms with Gasteiger partial charge in [0.2, 0.25) is 5.88 Å². The minimum Gasteiger partial charge on any atom is -0.481 e. The Morgan fingerprint density at radius 2 is 2.27 bits per heavy atom. The van der Waals surface area contributed by atoms with Crippen LogP contribution in [0.15, 0.2) is 18.3 Å². The zero-order valence-corrected chi connectivity index (χ0v) is 8.13. The molecule has 0 fully saturated rings. The number of pyridine rings is 1. The highest BCUT2D eigenvalue weighted by Gasteiger charge is 2.00. The van der Waals surface area contributed by atoms with Crippen molar-refractivity contribution in [2.24, 2.45) is 0 Å². The standard InChI is InChI=1S/C8H10BrNO/c1-6(9)7-3-4-8(11-2)10-5-7/h3-6H,1-2H3/t6-/m1/s1. The van der Waals surface area contributed by atoms with Crippen LogP contribution in [0.5, 0.6) is 5.88 Å². The molecule has 0 aliphatic rings. The van der Waals surface area contributed by atoms with Gasteiger partial charge in [0, 0.05) is 17.1 Å². The minimum absolute atomic E-state index is 0.348. The van der Waals surface area contributed by atoms with Gasteiger partial charge in [-0.1, -0.05) is 22.0 Å². The average molecular weight is 216 g/mol. The minimum atomic E-state index is 0.348. The van der Waals surface area contributed by atoms with Gasteiger partial charge in [-0.05, 0) is 12.5 Å². The van der Waals surface area contributed by atoms with Crippen LogP contribution in [0.4, 0.5) is 0 Å². The molecule has 0 saturated heterocycles. The first-order valence-electron chi connectivity index (χ1n) is 3.38. The van der Waals surface area contributed by atoms with E-state index >= 15 is 0 Å². The smallest absolute Gasteiger partial charge is 0.212 e. The highest BCUT2D eigenvalue weighted by atomic mass is 79.9.